The van der Waals surface area contributed by atoms with Gasteiger partial charge in [0.25, 0.3) is 5.69 Å². The quantitative estimate of drug-likeness (QED) is 0.483. The normalized spacial score (nSPS) is 10.7. The van der Waals surface area contributed by atoms with Gasteiger partial charge in [0.05, 0.1) is 11.1 Å². The number of nitrogens with one attached hydrogen (secondary N) is 2. The predicted molar refractivity (Wildman–Crippen MR) is 71.7 cm³/mol. The van der Waals surface area contributed by atoms with Gasteiger partial charge in [0.15, 0.2) is 5.82 Å². The van der Waals surface area contributed by atoms with Gasteiger partial charge in [0, 0.05) is 17.7 Å². The van der Waals surface area contributed by atoms with Crippen LogP contribution in [0.4, 0.5) is 11.5 Å². The van der Waals surface area contributed by atoms with E-state index in [0.717, 1.165) is 0 Å². The standard InChI is InChI=1S/C11H10N6O3/c1-7-10(13-11(18)16-14-7)15-12-6-8-3-2-4-9(5-8)17(19)20/h2-6H,1H3,(H2,13,15,16,18). The molecular formula is C11H10N6O3. The average molecular weight is 274 g/mol. The summed E-state index contributed by atoms with van der Waals surface area (Å²) in [6.07, 6.45) is 1.38. The van der Waals surface area contributed by atoms with E-state index < -0.39 is 10.6 Å². The van der Waals surface area contributed by atoms with E-state index in [9.17, 15) is 14.9 Å². The maximum Gasteiger partial charge on any atom is 0.363 e. The lowest BCUT2D eigenvalue weighted by atomic mass is 10.2. The summed E-state index contributed by atoms with van der Waals surface area (Å²) < 4.78 is 0. The summed E-state index contributed by atoms with van der Waals surface area (Å²) in [7, 11) is 0. The third-order valence-electron chi connectivity index (χ3n) is 2.34. The van der Waals surface area contributed by atoms with Gasteiger partial charge in [-0.2, -0.15) is 15.2 Å². The Labute approximate surface area is 112 Å². The van der Waals surface area contributed by atoms with Crippen LogP contribution in [0.25, 0.3) is 0 Å². The molecule has 0 saturated carbocycles. The summed E-state index contributed by atoms with van der Waals surface area (Å²) >= 11 is 0. The number of aromatic nitrogens is 3. The number of aromatic amines is 1. The molecule has 2 rings (SSSR count). The number of rotatable bonds is 4. The predicted octanol–water partition coefficient (Wildman–Crippen LogP) is 0.828. The first-order chi connectivity index (χ1) is 9.56. The maximum atomic E-state index is 11.0. The van der Waals surface area contributed by atoms with Crippen LogP contribution in [-0.2, 0) is 0 Å². The van der Waals surface area contributed by atoms with Crippen LogP contribution in [0.1, 0.15) is 11.3 Å². The van der Waals surface area contributed by atoms with Crippen molar-refractivity contribution >= 4 is 17.7 Å². The molecule has 1 aromatic heterocycles. The molecule has 0 aliphatic rings. The fourth-order valence-corrected chi connectivity index (χ4v) is 1.38. The molecule has 20 heavy (non-hydrogen) atoms. The second-order valence-electron chi connectivity index (χ2n) is 3.80. The lowest BCUT2D eigenvalue weighted by Crippen LogP contribution is -2.15. The van der Waals surface area contributed by atoms with Crippen LogP contribution < -0.4 is 11.1 Å². The zero-order chi connectivity index (χ0) is 14.5. The van der Waals surface area contributed by atoms with Crippen LogP contribution in [0.5, 0.6) is 0 Å². The van der Waals surface area contributed by atoms with Gasteiger partial charge in [0.1, 0.15) is 5.69 Å². The SMILES string of the molecule is Cc1n[nH]c(=O)nc1NN=Cc1cccc([N+](=O)[O-])c1. The minimum atomic E-state index is -0.594. The van der Waals surface area contributed by atoms with E-state index in [1.54, 1.807) is 19.1 Å². The summed E-state index contributed by atoms with van der Waals surface area (Å²) in [6.45, 7) is 1.65. The van der Waals surface area contributed by atoms with Gasteiger partial charge in [-0.25, -0.2) is 9.89 Å². The molecule has 0 bridgehead atoms. The minimum Gasteiger partial charge on any atom is -0.260 e. The van der Waals surface area contributed by atoms with Crippen LogP contribution in [0.15, 0.2) is 34.2 Å². The highest BCUT2D eigenvalue weighted by Gasteiger charge is 2.04. The second-order valence-corrected chi connectivity index (χ2v) is 3.80. The number of nitro groups is 1. The molecule has 9 nitrogen and oxygen atoms in total. The molecule has 2 N–H and O–H groups in total. The molecule has 0 spiro atoms. The Bertz CT molecular complexity index is 724. The van der Waals surface area contributed by atoms with E-state index in [0.29, 0.717) is 11.3 Å². The third-order valence-corrected chi connectivity index (χ3v) is 2.34. The molecule has 1 heterocycles. The fraction of sp³-hybridized carbons (Fsp3) is 0.0909. The fourth-order valence-electron chi connectivity index (χ4n) is 1.38. The Kier molecular flexibility index (Phi) is 3.80. The first-order valence-corrected chi connectivity index (χ1v) is 5.53. The number of non-ortho nitro benzene ring substituents is 1. The molecule has 0 aliphatic heterocycles. The van der Waals surface area contributed by atoms with Crippen molar-refractivity contribution in [2.45, 2.75) is 6.92 Å². The second kappa shape index (κ2) is 5.69. The van der Waals surface area contributed by atoms with E-state index in [1.807, 2.05) is 0 Å². The smallest absolute Gasteiger partial charge is 0.260 e. The number of hydrazone groups is 1. The van der Waals surface area contributed by atoms with Crippen molar-refractivity contribution in [3.05, 3.63) is 56.1 Å². The Morgan fingerprint density at radius 3 is 3.05 bits per heavy atom. The van der Waals surface area contributed by atoms with Gasteiger partial charge in [-0.1, -0.05) is 12.1 Å². The largest absolute Gasteiger partial charge is 0.363 e. The Hall–Kier alpha value is -3.10. The monoisotopic (exact) mass is 274 g/mol. The molecule has 0 fully saturated rings. The first-order valence-electron chi connectivity index (χ1n) is 5.53. The first kappa shape index (κ1) is 13.3. The number of aryl methyl sites for hydroxylation is 1. The van der Waals surface area contributed by atoms with E-state index >= 15 is 0 Å². The molecule has 1 aromatic carbocycles. The number of anilines is 1. The molecule has 9 heteroatoms. The Morgan fingerprint density at radius 2 is 2.30 bits per heavy atom. The van der Waals surface area contributed by atoms with Gasteiger partial charge < -0.3 is 0 Å². The van der Waals surface area contributed by atoms with Crippen molar-refractivity contribution in [1.29, 1.82) is 0 Å². The van der Waals surface area contributed by atoms with Crippen LogP contribution in [-0.4, -0.2) is 26.3 Å². The summed E-state index contributed by atoms with van der Waals surface area (Å²) in [5.41, 5.74) is 2.95. The number of hydrogen-bond donors (Lipinski definition) is 2. The van der Waals surface area contributed by atoms with Crippen LogP contribution in [0.3, 0.4) is 0 Å². The van der Waals surface area contributed by atoms with Crippen molar-refractivity contribution in [3.63, 3.8) is 0 Å². The minimum absolute atomic E-state index is 0.0268. The van der Waals surface area contributed by atoms with Gasteiger partial charge in [-0.05, 0) is 6.92 Å². The molecule has 102 valence electrons. The average Bonchev–Trinajstić information content (AvgIpc) is 2.43. The van der Waals surface area contributed by atoms with Crippen molar-refractivity contribution in [3.8, 4) is 0 Å². The molecular weight excluding hydrogens is 264 g/mol. The highest BCUT2D eigenvalue weighted by Crippen LogP contribution is 2.11. The Balaban J connectivity index is 2.14. The number of benzene rings is 1. The molecule has 0 saturated heterocycles. The molecule has 2 aromatic rings. The zero-order valence-corrected chi connectivity index (χ0v) is 10.4. The van der Waals surface area contributed by atoms with Crippen molar-refractivity contribution in [2.75, 3.05) is 5.43 Å². The van der Waals surface area contributed by atoms with Gasteiger partial charge >= 0.3 is 5.69 Å². The van der Waals surface area contributed by atoms with E-state index in [2.05, 4.69) is 25.7 Å². The summed E-state index contributed by atoms with van der Waals surface area (Å²) in [6, 6.07) is 5.98. The maximum absolute atomic E-state index is 11.0. The molecule has 0 unspecified atom stereocenters. The summed E-state index contributed by atoms with van der Waals surface area (Å²) in [5, 5.41) is 20.4. The topological polar surface area (TPSA) is 126 Å². The Morgan fingerprint density at radius 1 is 1.50 bits per heavy atom. The number of nitrogens with zero attached hydrogens (tertiary/aromatic N) is 4. The van der Waals surface area contributed by atoms with Crippen LogP contribution in [0.2, 0.25) is 0 Å². The number of nitro benzene ring substituents is 1. The molecule has 0 amide bonds. The van der Waals surface area contributed by atoms with Crippen molar-refractivity contribution in [2.24, 2.45) is 5.10 Å². The summed E-state index contributed by atoms with van der Waals surface area (Å²) in [5.74, 6) is 0.218. The van der Waals surface area contributed by atoms with Crippen LogP contribution >= 0.6 is 0 Å². The highest BCUT2D eigenvalue weighted by atomic mass is 16.6. The third kappa shape index (κ3) is 3.22. The highest BCUT2D eigenvalue weighted by molar-refractivity contribution is 5.81. The number of H-pyrrole nitrogens is 1. The van der Waals surface area contributed by atoms with E-state index in [4.69, 9.17) is 0 Å². The number of hydrogen-bond acceptors (Lipinski definition) is 7. The van der Waals surface area contributed by atoms with E-state index in [1.165, 1.54) is 18.3 Å². The van der Waals surface area contributed by atoms with E-state index in [-0.39, 0.29) is 11.5 Å². The molecule has 0 atom stereocenters. The van der Waals surface area contributed by atoms with Crippen LogP contribution in [0, 0.1) is 17.0 Å². The van der Waals surface area contributed by atoms with Crippen molar-refractivity contribution in [1.82, 2.24) is 15.2 Å². The van der Waals surface area contributed by atoms with Gasteiger partial charge in [-0.3, -0.25) is 15.5 Å². The van der Waals surface area contributed by atoms with Gasteiger partial charge in [0.2, 0.25) is 0 Å². The zero-order valence-electron chi connectivity index (χ0n) is 10.4. The van der Waals surface area contributed by atoms with Gasteiger partial charge in [-0.15, -0.1) is 0 Å². The van der Waals surface area contributed by atoms with Crippen molar-refractivity contribution < 1.29 is 4.92 Å². The molecule has 0 aliphatic carbocycles. The summed E-state index contributed by atoms with van der Waals surface area (Å²) in [4.78, 5) is 24.8. The lowest BCUT2D eigenvalue weighted by Gasteiger charge is -2.00. The lowest BCUT2D eigenvalue weighted by molar-refractivity contribution is -0.384. The molecule has 0 radical (unpaired) electrons.